The van der Waals surface area contributed by atoms with Crippen molar-refractivity contribution in [3.05, 3.63) is 34.3 Å². The maximum Gasteiger partial charge on any atom is 0.237 e. The Morgan fingerprint density at radius 3 is 2.67 bits per heavy atom. The van der Waals surface area contributed by atoms with Crippen LogP contribution in [0.1, 0.15) is 25.5 Å². The van der Waals surface area contributed by atoms with Crippen LogP contribution >= 0.6 is 15.9 Å². The van der Waals surface area contributed by atoms with Gasteiger partial charge in [-0.1, -0.05) is 28.1 Å². The Bertz CT molecular complexity index is 352. The fraction of sp³-hybridized carbons (Fsp3) is 0.364. The zero-order valence-electron chi connectivity index (χ0n) is 8.83. The first kappa shape index (κ1) is 12.2. The molecule has 0 radical (unpaired) electrons. The highest BCUT2D eigenvalue weighted by atomic mass is 79.9. The standard InChI is InChI=1S/C11H15BrN2O/c1-7(13)11(15)14-8(2)9-4-3-5-10(12)6-9/h3-8H,13H2,1-2H3,(H,14,15). The first-order valence-electron chi connectivity index (χ1n) is 4.82. The highest BCUT2D eigenvalue weighted by Crippen LogP contribution is 2.17. The minimum absolute atomic E-state index is 0.0269. The lowest BCUT2D eigenvalue weighted by Gasteiger charge is -2.16. The minimum Gasteiger partial charge on any atom is -0.348 e. The van der Waals surface area contributed by atoms with Gasteiger partial charge in [0.15, 0.2) is 0 Å². The number of benzene rings is 1. The van der Waals surface area contributed by atoms with E-state index in [0.29, 0.717) is 0 Å². The minimum atomic E-state index is -0.473. The number of hydrogen-bond acceptors (Lipinski definition) is 2. The summed E-state index contributed by atoms with van der Waals surface area (Å²) in [6, 6.07) is 7.33. The van der Waals surface area contributed by atoms with Crippen molar-refractivity contribution in [2.75, 3.05) is 0 Å². The number of hydrogen-bond donors (Lipinski definition) is 2. The summed E-state index contributed by atoms with van der Waals surface area (Å²) in [5.41, 5.74) is 6.52. The normalized spacial score (nSPS) is 14.4. The molecule has 2 atom stereocenters. The Morgan fingerprint density at radius 2 is 2.13 bits per heavy atom. The SMILES string of the molecule is CC(N)C(=O)NC(C)c1cccc(Br)c1. The molecule has 1 aromatic carbocycles. The number of rotatable bonds is 3. The molecule has 0 aliphatic rings. The molecule has 1 aromatic rings. The van der Waals surface area contributed by atoms with Gasteiger partial charge in [0.2, 0.25) is 5.91 Å². The van der Waals surface area contributed by atoms with Gasteiger partial charge in [-0.25, -0.2) is 0 Å². The van der Waals surface area contributed by atoms with Crippen LogP contribution < -0.4 is 11.1 Å². The van der Waals surface area contributed by atoms with Crippen molar-refractivity contribution >= 4 is 21.8 Å². The third-order valence-electron chi connectivity index (χ3n) is 2.12. The molecule has 1 rings (SSSR count). The van der Waals surface area contributed by atoms with Gasteiger partial charge in [-0.3, -0.25) is 4.79 Å². The molecule has 4 heteroatoms. The van der Waals surface area contributed by atoms with Gasteiger partial charge in [0, 0.05) is 4.47 Å². The summed E-state index contributed by atoms with van der Waals surface area (Å²) in [6.45, 7) is 3.60. The van der Waals surface area contributed by atoms with Crippen molar-refractivity contribution in [1.82, 2.24) is 5.32 Å². The monoisotopic (exact) mass is 270 g/mol. The lowest BCUT2D eigenvalue weighted by molar-refractivity contribution is -0.122. The lowest BCUT2D eigenvalue weighted by atomic mass is 10.1. The van der Waals surface area contributed by atoms with Gasteiger partial charge in [0.25, 0.3) is 0 Å². The van der Waals surface area contributed by atoms with Gasteiger partial charge in [0.05, 0.1) is 12.1 Å². The molecule has 82 valence electrons. The van der Waals surface area contributed by atoms with Crippen LogP contribution in [-0.2, 0) is 4.79 Å². The van der Waals surface area contributed by atoms with E-state index in [0.717, 1.165) is 10.0 Å². The average Bonchev–Trinajstić information content (AvgIpc) is 2.17. The molecular formula is C11H15BrN2O. The molecule has 1 amide bonds. The van der Waals surface area contributed by atoms with E-state index >= 15 is 0 Å². The zero-order chi connectivity index (χ0) is 11.4. The summed E-state index contributed by atoms with van der Waals surface area (Å²) < 4.78 is 1.00. The van der Waals surface area contributed by atoms with Gasteiger partial charge in [-0.2, -0.15) is 0 Å². The van der Waals surface area contributed by atoms with Gasteiger partial charge in [-0.15, -0.1) is 0 Å². The van der Waals surface area contributed by atoms with Crippen LogP contribution in [0.5, 0.6) is 0 Å². The number of amides is 1. The number of nitrogens with one attached hydrogen (secondary N) is 1. The highest BCUT2D eigenvalue weighted by Gasteiger charge is 2.12. The first-order chi connectivity index (χ1) is 7.00. The van der Waals surface area contributed by atoms with Crippen molar-refractivity contribution in [2.45, 2.75) is 25.9 Å². The predicted molar refractivity (Wildman–Crippen MR) is 64.3 cm³/mol. The number of halogens is 1. The molecule has 3 N–H and O–H groups in total. The largest absolute Gasteiger partial charge is 0.348 e. The molecule has 0 spiro atoms. The molecule has 0 saturated carbocycles. The van der Waals surface area contributed by atoms with E-state index in [9.17, 15) is 4.79 Å². The zero-order valence-corrected chi connectivity index (χ0v) is 10.4. The maximum absolute atomic E-state index is 11.4. The van der Waals surface area contributed by atoms with Gasteiger partial charge < -0.3 is 11.1 Å². The van der Waals surface area contributed by atoms with Crippen LogP contribution in [0.25, 0.3) is 0 Å². The Hall–Kier alpha value is -0.870. The Morgan fingerprint density at radius 1 is 1.47 bits per heavy atom. The van der Waals surface area contributed by atoms with Crippen LogP contribution in [0.15, 0.2) is 28.7 Å². The molecular weight excluding hydrogens is 256 g/mol. The van der Waals surface area contributed by atoms with Crippen LogP contribution in [0.3, 0.4) is 0 Å². The fourth-order valence-corrected chi connectivity index (χ4v) is 1.62. The van der Waals surface area contributed by atoms with E-state index in [1.54, 1.807) is 6.92 Å². The van der Waals surface area contributed by atoms with Crippen molar-refractivity contribution in [2.24, 2.45) is 5.73 Å². The smallest absolute Gasteiger partial charge is 0.237 e. The van der Waals surface area contributed by atoms with Gasteiger partial charge in [-0.05, 0) is 31.5 Å². The van der Waals surface area contributed by atoms with Crippen molar-refractivity contribution in [3.8, 4) is 0 Å². The molecule has 0 aliphatic heterocycles. The van der Waals surface area contributed by atoms with E-state index in [1.165, 1.54) is 0 Å². The average molecular weight is 271 g/mol. The molecule has 0 saturated heterocycles. The van der Waals surface area contributed by atoms with Crippen LogP contribution in [0, 0.1) is 0 Å². The highest BCUT2D eigenvalue weighted by molar-refractivity contribution is 9.10. The topological polar surface area (TPSA) is 55.1 Å². The van der Waals surface area contributed by atoms with E-state index in [2.05, 4.69) is 21.2 Å². The van der Waals surface area contributed by atoms with Crippen LogP contribution in [-0.4, -0.2) is 11.9 Å². The summed E-state index contributed by atoms with van der Waals surface area (Å²) in [6.07, 6.45) is 0. The van der Waals surface area contributed by atoms with Gasteiger partial charge in [0.1, 0.15) is 0 Å². The summed E-state index contributed by atoms with van der Waals surface area (Å²) >= 11 is 3.39. The molecule has 3 nitrogen and oxygen atoms in total. The van der Waals surface area contributed by atoms with E-state index in [4.69, 9.17) is 5.73 Å². The quantitative estimate of drug-likeness (QED) is 0.883. The second-order valence-corrected chi connectivity index (χ2v) is 4.49. The van der Waals surface area contributed by atoms with Crippen molar-refractivity contribution < 1.29 is 4.79 Å². The molecule has 2 unspecified atom stereocenters. The molecule has 0 aliphatic carbocycles. The van der Waals surface area contributed by atoms with E-state index in [1.807, 2.05) is 31.2 Å². The van der Waals surface area contributed by atoms with E-state index < -0.39 is 6.04 Å². The lowest BCUT2D eigenvalue weighted by Crippen LogP contribution is -2.39. The Kier molecular flexibility index (Phi) is 4.29. The third-order valence-corrected chi connectivity index (χ3v) is 2.61. The molecule has 15 heavy (non-hydrogen) atoms. The Labute approximate surface area is 98.2 Å². The summed E-state index contributed by atoms with van der Waals surface area (Å²) in [5.74, 6) is -0.137. The molecule has 0 fully saturated rings. The summed E-state index contributed by atoms with van der Waals surface area (Å²) in [7, 11) is 0. The summed E-state index contributed by atoms with van der Waals surface area (Å²) in [4.78, 5) is 11.4. The van der Waals surface area contributed by atoms with Crippen molar-refractivity contribution in [1.29, 1.82) is 0 Å². The maximum atomic E-state index is 11.4. The first-order valence-corrected chi connectivity index (χ1v) is 5.61. The fourth-order valence-electron chi connectivity index (χ4n) is 1.20. The van der Waals surface area contributed by atoms with Crippen LogP contribution in [0.4, 0.5) is 0 Å². The van der Waals surface area contributed by atoms with Gasteiger partial charge >= 0.3 is 0 Å². The number of carbonyl (C=O) groups excluding carboxylic acids is 1. The second kappa shape index (κ2) is 5.28. The Balaban J connectivity index is 2.69. The number of carbonyl (C=O) groups is 1. The van der Waals surface area contributed by atoms with E-state index in [-0.39, 0.29) is 11.9 Å². The number of nitrogens with two attached hydrogens (primary N) is 1. The van der Waals surface area contributed by atoms with Crippen LogP contribution in [0.2, 0.25) is 0 Å². The molecule has 0 bridgehead atoms. The predicted octanol–water partition coefficient (Wildman–Crippen LogP) is 1.97. The summed E-state index contributed by atoms with van der Waals surface area (Å²) in [5, 5.41) is 2.84. The molecule has 0 aromatic heterocycles. The van der Waals surface area contributed by atoms with Crippen molar-refractivity contribution in [3.63, 3.8) is 0 Å². The third kappa shape index (κ3) is 3.64. The second-order valence-electron chi connectivity index (χ2n) is 3.57. The molecule has 0 heterocycles.